The largest absolute Gasteiger partial charge is 0.381 e. The monoisotopic (exact) mass is 368 g/mol. The normalized spacial score (nSPS) is 19.8. The van der Waals surface area contributed by atoms with Gasteiger partial charge >= 0.3 is 0 Å². The summed E-state index contributed by atoms with van der Waals surface area (Å²) >= 11 is 0. The Labute approximate surface area is 158 Å². The minimum absolute atomic E-state index is 0.00812. The number of likely N-dealkylation sites (tertiary alicyclic amines) is 1. The van der Waals surface area contributed by atoms with Gasteiger partial charge in [-0.1, -0.05) is 0 Å². The molecule has 2 aromatic heterocycles. The molecular weight excluding hydrogens is 344 g/mol. The Bertz CT molecular complexity index is 777. The van der Waals surface area contributed by atoms with Crippen molar-refractivity contribution in [3.63, 3.8) is 0 Å². The number of aromatic nitrogens is 4. The average Bonchev–Trinajstić information content (AvgIpc) is 3.12. The molecule has 1 atom stereocenters. The minimum atomic E-state index is -0.0542. The summed E-state index contributed by atoms with van der Waals surface area (Å²) in [6.07, 6.45) is 9.54. The molecule has 27 heavy (non-hydrogen) atoms. The van der Waals surface area contributed by atoms with E-state index < -0.39 is 0 Å². The molecule has 0 aliphatic carbocycles. The fourth-order valence-corrected chi connectivity index (χ4v) is 3.84. The van der Waals surface area contributed by atoms with Crippen molar-refractivity contribution >= 4 is 11.9 Å². The summed E-state index contributed by atoms with van der Waals surface area (Å²) in [6.45, 7) is 5.18. The molecule has 4 rings (SSSR count). The number of hydrogen-bond acceptors (Lipinski definition) is 7. The zero-order chi connectivity index (χ0) is 18.7. The molecule has 2 aliphatic rings. The van der Waals surface area contributed by atoms with Crippen LogP contribution in [0.2, 0.25) is 0 Å². The van der Waals surface area contributed by atoms with Crippen LogP contribution in [0.4, 0.5) is 5.95 Å². The van der Waals surface area contributed by atoms with Gasteiger partial charge in [-0.15, -0.1) is 0 Å². The molecule has 8 heteroatoms. The fourth-order valence-electron chi connectivity index (χ4n) is 3.84. The van der Waals surface area contributed by atoms with Gasteiger partial charge in [0.25, 0.3) is 5.91 Å². The molecule has 1 N–H and O–H groups in total. The van der Waals surface area contributed by atoms with E-state index in [0.717, 1.165) is 51.3 Å². The number of anilines is 1. The van der Waals surface area contributed by atoms with Crippen molar-refractivity contribution in [3.05, 3.63) is 42.2 Å². The van der Waals surface area contributed by atoms with Crippen LogP contribution in [0.5, 0.6) is 0 Å². The quantitative estimate of drug-likeness (QED) is 0.883. The number of amides is 1. The number of nitrogens with zero attached hydrogens (tertiary/aromatic N) is 5. The molecule has 0 bridgehead atoms. The Balaban J connectivity index is 1.38. The Morgan fingerprint density at radius 3 is 2.70 bits per heavy atom. The Hall–Kier alpha value is -2.61. The van der Waals surface area contributed by atoms with Crippen LogP contribution in [0.15, 0.2) is 31.0 Å². The SMILES string of the molecule is C[C@@H](Nc1ncc(C(=O)N2CCC3(CCOCC3)C2)cn1)c1ccncn1. The Kier molecular flexibility index (Phi) is 4.98. The number of nitrogens with one attached hydrogen (secondary N) is 1. The van der Waals surface area contributed by atoms with Gasteiger partial charge in [0.15, 0.2) is 0 Å². The number of ether oxygens (including phenoxy) is 1. The molecule has 0 unspecified atom stereocenters. The van der Waals surface area contributed by atoms with E-state index in [1.54, 1.807) is 18.6 Å². The lowest BCUT2D eigenvalue weighted by molar-refractivity contribution is 0.0191. The van der Waals surface area contributed by atoms with Gasteiger partial charge in [0.2, 0.25) is 5.95 Å². The molecule has 142 valence electrons. The second kappa shape index (κ2) is 7.56. The summed E-state index contributed by atoms with van der Waals surface area (Å²) in [4.78, 5) is 31.5. The third-order valence-corrected chi connectivity index (χ3v) is 5.57. The zero-order valence-electron chi connectivity index (χ0n) is 15.5. The molecule has 1 spiro atoms. The number of carbonyl (C=O) groups excluding carboxylic acids is 1. The average molecular weight is 368 g/mol. The maximum Gasteiger partial charge on any atom is 0.257 e. The first-order chi connectivity index (χ1) is 13.2. The lowest BCUT2D eigenvalue weighted by atomic mass is 9.80. The molecule has 0 radical (unpaired) electrons. The molecule has 8 nitrogen and oxygen atoms in total. The topological polar surface area (TPSA) is 93.1 Å². The first-order valence-electron chi connectivity index (χ1n) is 9.37. The summed E-state index contributed by atoms with van der Waals surface area (Å²) in [7, 11) is 0. The maximum absolute atomic E-state index is 12.8. The van der Waals surface area contributed by atoms with Crippen LogP contribution in [-0.4, -0.2) is 57.0 Å². The highest BCUT2D eigenvalue weighted by atomic mass is 16.5. The zero-order valence-corrected chi connectivity index (χ0v) is 15.5. The molecule has 2 aliphatic heterocycles. The second-order valence-electron chi connectivity index (χ2n) is 7.38. The van der Waals surface area contributed by atoms with Gasteiger partial charge < -0.3 is 15.0 Å². The van der Waals surface area contributed by atoms with Crippen molar-refractivity contribution in [1.82, 2.24) is 24.8 Å². The second-order valence-corrected chi connectivity index (χ2v) is 7.38. The van der Waals surface area contributed by atoms with Crippen LogP contribution >= 0.6 is 0 Å². The molecule has 2 saturated heterocycles. The summed E-state index contributed by atoms with van der Waals surface area (Å²) in [5.41, 5.74) is 1.62. The summed E-state index contributed by atoms with van der Waals surface area (Å²) < 4.78 is 5.47. The van der Waals surface area contributed by atoms with Crippen LogP contribution in [0.1, 0.15) is 48.3 Å². The lowest BCUT2D eigenvalue weighted by Gasteiger charge is -2.33. The van der Waals surface area contributed by atoms with Crippen molar-refractivity contribution in [3.8, 4) is 0 Å². The first-order valence-corrected chi connectivity index (χ1v) is 9.37. The van der Waals surface area contributed by atoms with Gasteiger partial charge in [-0.3, -0.25) is 4.79 Å². The van der Waals surface area contributed by atoms with Crippen molar-refractivity contribution in [2.24, 2.45) is 5.41 Å². The van der Waals surface area contributed by atoms with Crippen LogP contribution < -0.4 is 5.32 Å². The third kappa shape index (κ3) is 3.90. The van der Waals surface area contributed by atoms with Crippen molar-refractivity contribution in [1.29, 1.82) is 0 Å². The number of carbonyl (C=O) groups is 1. The van der Waals surface area contributed by atoms with E-state index in [2.05, 4.69) is 25.3 Å². The summed E-state index contributed by atoms with van der Waals surface area (Å²) in [6, 6.07) is 1.79. The van der Waals surface area contributed by atoms with E-state index in [1.165, 1.54) is 6.33 Å². The maximum atomic E-state index is 12.8. The fraction of sp³-hybridized carbons (Fsp3) is 0.526. The van der Waals surface area contributed by atoms with Gasteiger partial charge in [-0.25, -0.2) is 19.9 Å². The van der Waals surface area contributed by atoms with E-state index in [4.69, 9.17) is 4.74 Å². The highest BCUT2D eigenvalue weighted by Crippen LogP contribution is 2.40. The van der Waals surface area contributed by atoms with Crippen LogP contribution in [0.3, 0.4) is 0 Å². The third-order valence-electron chi connectivity index (χ3n) is 5.57. The lowest BCUT2D eigenvalue weighted by Crippen LogP contribution is -2.35. The molecule has 1 amide bonds. The van der Waals surface area contributed by atoms with Gasteiger partial charge in [-0.05, 0) is 37.7 Å². The standard InChI is InChI=1S/C19H24N6O2/c1-14(16-2-6-20-13-23-16)24-18-21-10-15(11-22-18)17(26)25-7-3-19(12-25)4-8-27-9-5-19/h2,6,10-11,13-14H,3-5,7-9,12H2,1H3,(H,21,22,24)/t14-/m1/s1. The van der Waals surface area contributed by atoms with Gasteiger partial charge in [0.1, 0.15) is 6.33 Å². The number of rotatable bonds is 4. The van der Waals surface area contributed by atoms with E-state index in [-0.39, 0.29) is 17.4 Å². The summed E-state index contributed by atoms with van der Waals surface area (Å²) in [5.74, 6) is 0.480. The van der Waals surface area contributed by atoms with E-state index >= 15 is 0 Å². The van der Waals surface area contributed by atoms with Gasteiger partial charge in [-0.2, -0.15) is 0 Å². The first kappa shape index (κ1) is 17.8. The Morgan fingerprint density at radius 1 is 1.22 bits per heavy atom. The predicted octanol–water partition coefficient (Wildman–Crippen LogP) is 2.08. The van der Waals surface area contributed by atoms with Crippen LogP contribution in [0.25, 0.3) is 0 Å². The van der Waals surface area contributed by atoms with E-state index in [9.17, 15) is 4.79 Å². The molecule has 4 heterocycles. The molecule has 0 aromatic carbocycles. The van der Waals surface area contributed by atoms with Gasteiger partial charge in [0.05, 0.1) is 17.3 Å². The van der Waals surface area contributed by atoms with Crippen molar-refractivity contribution in [2.75, 3.05) is 31.6 Å². The van der Waals surface area contributed by atoms with Crippen LogP contribution in [-0.2, 0) is 4.74 Å². The molecule has 2 fully saturated rings. The highest BCUT2D eigenvalue weighted by Gasteiger charge is 2.41. The van der Waals surface area contributed by atoms with E-state index in [1.807, 2.05) is 17.9 Å². The molecular formula is C19H24N6O2. The van der Waals surface area contributed by atoms with Crippen molar-refractivity contribution in [2.45, 2.75) is 32.2 Å². The smallest absolute Gasteiger partial charge is 0.257 e. The molecule has 2 aromatic rings. The highest BCUT2D eigenvalue weighted by molar-refractivity contribution is 5.94. The predicted molar refractivity (Wildman–Crippen MR) is 99.1 cm³/mol. The van der Waals surface area contributed by atoms with Crippen molar-refractivity contribution < 1.29 is 9.53 Å². The van der Waals surface area contributed by atoms with E-state index in [0.29, 0.717) is 11.5 Å². The van der Waals surface area contributed by atoms with Crippen LogP contribution in [0, 0.1) is 5.41 Å². The Morgan fingerprint density at radius 2 is 2.00 bits per heavy atom. The summed E-state index contributed by atoms with van der Waals surface area (Å²) in [5, 5.41) is 3.19. The minimum Gasteiger partial charge on any atom is -0.381 e. The van der Waals surface area contributed by atoms with Gasteiger partial charge in [0, 0.05) is 44.9 Å². The molecule has 0 saturated carbocycles. The number of hydrogen-bond donors (Lipinski definition) is 1.